The average Bonchev–Trinajstić information content (AvgIpc) is 3.13. The molecule has 124 valence electrons. The third kappa shape index (κ3) is 2.23. The Kier molecular flexibility index (Phi) is 3.45. The maximum absolute atomic E-state index is 5.48. The van der Waals surface area contributed by atoms with Crippen molar-refractivity contribution in [3.63, 3.8) is 0 Å². The van der Waals surface area contributed by atoms with Gasteiger partial charge in [-0.25, -0.2) is 0 Å². The molecule has 4 aliphatic rings. The maximum Gasteiger partial charge on any atom is 0.0447 e. The van der Waals surface area contributed by atoms with E-state index in [4.69, 9.17) is 12.2 Å². The molecule has 24 heavy (non-hydrogen) atoms. The van der Waals surface area contributed by atoms with Gasteiger partial charge in [0.2, 0.25) is 0 Å². The highest BCUT2D eigenvalue weighted by molar-refractivity contribution is 7.80. The average molecular weight is 336 g/mol. The lowest BCUT2D eigenvalue weighted by molar-refractivity contribution is 0.465. The molecule has 0 spiro atoms. The van der Waals surface area contributed by atoms with Gasteiger partial charge >= 0.3 is 0 Å². The number of rotatable bonds is 1. The first-order valence-corrected chi connectivity index (χ1v) is 9.96. The van der Waals surface area contributed by atoms with Crippen LogP contribution in [0.4, 0.5) is 0 Å². The van der Waals surface area contributed by atoms with E-state index in [9.17, 15) is 0 Å². The van der Waals surface area contributed by atoms with Crippen LogP contribution in [0, 0.1) is 11.8 Å². The second-order valence-corrected chi connectivity index (χ2v) is 8.68. The van der Waals surface area contributed by atoms with Crippen LogP contribution in [0.2, 0.25) is 0 Å². The normalized spacial score (nSPS) is 30.8. The first-order valence-electron chi connectivity index (χ1n) is 9.55. The van der Waals surface area contributed by atoms with Gasteiger partial charge in [-0.1, -0.05) is 31.3 Å². The van der Waals surface area contributed by atoms with E-state index >= 15 is 0 Å². The zero-order chi connectivity index (χ0) is 16.3. The van der Waals surface area contributed by atoms with Crippen molar-refractivity contribution in [2.75, 3.05) is 0 Å². The molecule has 1 heterocycles. The molecule has 0 aliphatic heterocycles. The van der Waals surface area contributed by atoms with Crippen LogP contribution in [-0.4, -0.2) is 9.43 Å². The molecular formula is C22H25NS. The van der Waals surface area contributed by atoms with Gasteiger partial charge in [-0.05, 0) is 91.7 Å². The van der Waals surface area contributed by atoms with Crippen LogP contribution in [0.1, 0.15) is 67.6 Å². The summed E-state index contributed by atoms with van der Waals surface area (Å²) in [5.74, 6) is 1.48. The second-order valence-electron chi connectivity index (χ2n) is 8.16. The highest BCUT2D eigenvalue weighted by Crippen LogP contribution is 2.45. The molecule has 0 N–H and O–H groups in total. The summed E-state index contributed by atoms with van der Waals surface area (Å²) >= 11 is 5.48. The van der Waals surface area contributed by atoms with Gasteiger partial charge in [0, 0.05) is 22.3 Å². The van der Waals surface area contributed by atoms with E-state index in [1.165, 1.54) is 49.8 Å². The van der Waals surface area contributed by atoms with Crippen molar-refractivity contribution in [2.45, 2.75) is 57.9 Å². The van der Waals surface area contributed by atoms with Gasteiger partial charge in [0.05, 0.1) is 0 Å². The molecule has 0 amide bonds. The number of thiocarbonyl (C=S) groups is 1. The van der Waals surface area contributed by atoms with Crippen molar-refractivity contribution in [1.29, 1.82) is 0 Å². The minimum absolute atomic E-state index is 0.605. The standard InChI is InChI=1S/C22H25NS/c1-14-6-8-17(10-14)23-21-5-3-2-4-19(21)20-12-15-7-9-18(24)11-16(15)13-22(20)23/h3,5,7,9,12,14,16-17H,2,4,6,8,10-11,13H2,1H3. The van der Waals surface area contributed by atoms with Crippen LogP contribution in [0.25, 0.3) is 12.2 Å². The number of fused-ring (bicyclic) bond motifs is 4. The minimum Gasteiger partial charge on any atom is -0.341 e. The van der Waals surface area contributed by atoms with Crippen molar-refractivity contribution in [1.82, 2.24) is 4.57 Å². The van der Waals surface area contributed by atoms with Crippen LogP contribution in [0.5, 0.6) is 0 Å². The molecule has 1 saturated carbocycles. The fourth-order valence-electron chi connectivity index (χ4n) is 5.32. The smallest absolute Gasteiger partial charge is 0.0447 e. The monoisotopic (exact) mass is 335 g/mol. The molecule has 1 nitrogen and oxygen atoms in total. The van der Waals surface area contributed by atoms with E-state index in [2.05, 4.69) is 41.9 Å². The van der Waals surface area contributed by atoms with Gasteiger partial charge in [0.25, 0.3) is 0 Å². The lowest BCUT2D eigenvalue weighted by Crippen LogP contribution is -2.21. The number of hydrogen-bond acceptors (Lipinski definition) is 1. The third-order valence-electron chi connectivity index (χ3n) is 6.50. The van der Waals surface area contributed by atoms with Gasteiger partial charge in [-0.15, -0.1) is 0 Å². The molecule has 5 rings (SSSR count). The summed E-state index contributed by atoms with van der Waals surface area (Å²) in [6.07, 6.45) is 20.4. The fourth-order valence-corrected chi connectivity index (χ4v) is 5.59. The summed E-state index contributed by atoms with van der Waals surface area (Å²) in [4.78, 5) is 1.12. The second kappa shape index (κ2) is 5.56. The summed E-state index contributed by atoms with van der Waals surface area (Å²) in [5.41, 5.74) is 7.80. The van der Waals surface area contributed by atoms with E-state index in [1.807, 2.05) is 0 Å². The van der Waals surface area contributed by atoms with E-state index < -0.39 is 0 Å². The van der Waals surface area contributed by atoms with Crippen LogP contribution in [0.3, 0.4) is 0 Å². The Balaban J connectivity index is 1.67. The van der Waals surface area contributed by atoms with Crippen LogP contribution in [-0.2, 0) is 12.8 Å². The Hall–Kier alpha value is -1.41. The Morgan fingerprint density at radius 2 is 2.04 bits per heavy atom. The molecule has 1 aromatic rings. The lowest BCUT2D eigenvalue weighted by Gasteiger charge is -2.28. The summed E-state index contributed by atoms with van der Waals surface area (Å²) in [6.45, 7) is 2.42. The maximum atomic E-state index is 5.48. The summed E-state index contributed by atoms with van der Waals surface area (Å²) in [5, 5.41) is 0. The molecule has 0 saturated heterocycles. The van der Waals surface area contributed by atoms with Crippen molar-refractivity contribution in [3.05, 3.63) is 46.3 Å². The van der Waals surface area contributed by atoms with E-state index in [0.717, 1.165) is 17.2 Å². The number of aromatic nitrogens is 1. The Labute approximate surface area is 150 Å². The Morgan fingerprint density at radius 3 is 2.88 bits per heavy atom. The van der Waals surface area contributed by atoms with Crippen molar-refractivity contribution in [2.24, 2.45) is 11.8 Å². The molecular weight excluding hydrogens is 310 g/mol. The molecule has 4 aliphatic carbocycles. The SMILES string of the molecule is CC1CCC(n2c3c(c4c2CC2CC(=S)C=CC2=C4)CCC=C3)C1. The molecule has 0 radical (unpaired) electrons. The first-order chi connectivity index (χ1) is 11.7. The van der Waals surface area contributed by atoms with Crippen molar-refractivity contribution < 1.29 is 0 Å². The number of allylic oxidation sites excluding steroid dienone is 4. The predicted molar refractivity (Wildman–Crippen MR) is 105 cm³/mol. The molecule has 0 aromatic carbocycles. The largest absolute Gasteiger partial charge is 0.341 e. The Morgan fingerprint density at radius 1 is 1.12 bits per heavy atom. The van der Waals surface area contributed by atoms with Gasteiger partial charge in [-0.3, -0.25) is 0 Å². The van der Waals surface area contributed by atoms with Crippen LogP contribution >= 0.6 is 12.2 Å². The quantitative estimate of drug-likeness (QED) is 0.596. The molecule has 3 unspecified atom stereocenters. The molecule has 1 fully saturated rings. The van der Waals surface area contributed by atoms with E-state index in [0.29, 0.717) is 12.0 Å². The zero-order valence-electron chi connectivity index (χ0n) is 14.4. The van der Waals surface area contributed by atoms with Crippen LogP contribution in [0.15, 0.2) is 23.8 Å². The summed E-state index contributed by atoms with van der Waals surface area (Å²) in [7, 11) is 0. The summed E-state index contributed by atoms with van der Waals surface area (Å²) in [6, 6.07) is 0.710. The van der Waals surface area contributed by atoms with Gasteiger partial charge in [-0.2, -0.15) is 0 Å². The topological polar surface area (TPSA) is 4.93 Å². The highest BCUT2D eigenvalue weighted by atomic mass is 32.1. The first kappa shape index (κ1) is 14.9. The molecule has 2 heteroatoms. The zero-order valence-corrected chi connectivity index (χ0v) is 15.2. The number of nitrogens with zero attached hydrogens (tertiary/aromatic N) is 1. The van der Waals surface area contributed by atoms with E-state index in [-0.39, 0.29) is 0 Å². The van der Waals surface area contributed by atoms with Crippen molar-refractivity contribution >= 4 is 29.2 Å². The van der Waals surface area contributed by atoms with Crippen molar-refractivity contribution in [3.8, 4) is 0 Å². The predicted octanol–water partition coefficient (Wildman–Crippen LogP) is 5.69. The van der Waals surface area contributed by atoms with Gasteiger partial charge < -0.3 is 4.57 Å². The molecule has 1 aromatic heterocycles. The van der Waals surface area contributed by atoms with Gasteiger partial charge in [0.15, 0.2) is 0 Å². The van der Waals surface area contributed by atoms with Crippen LogP contribution < -0.4 is 0 Å². The lowest BCUT2D eigenvalue weighted by atomic mass is 9.79. The minimum atomic E-state index is 0.605. The van der Waals surface area contributed by atoms with E-state index in [1.54, 1.807) is 16.8 Å². The summed E-state index contributed by atoms with van der Waals surface area (Å²) < 4.78 is 2.75. The molecule has 0 bridgehead atoms. The fraction of sp³-hybridized carbons (Fsp3) is 0.500. The Bertz CT molecular complexity index is 804. The third-order valence-corrected chi connectivity index (χ3v) is 6.80. The number of hydrogen-bond donors (Lipinski definition) is 0. The highest BCUT2D eigenvalue weighted by Gasteiger charge is 2.34. The van der Waals surface area contributed by atoms with Gasteiger partial charge in [0.1, 0.15) is 0 Å². The molecule has 3 atom stereocenters.